The average molecular weight is 398 g/mol. The van der Waals surface area contributed by atoms with Gasteiger partial charge >= 0.3 is 12.2 Å². The molecule has 1 aliphatic rings. The molecule has 1 aromatic rings. The lowest BCUT2D eigenvalue weighted by molar-refractivity contribution is -0.289. The molecule has 8 nitrogen and oxygen atoms in total. The summed E-state index contributed by atoms with van der Waals surface area (Å²) in [6, 6.07) is 1.75. The van der Waals surface area contributed by atoms with Crippen LogP contribution in [-0.4, -0.2) is 29.2 Å². The van der Waals surface area contributed by atoms with E-state index in [2.05, 4.69) is 17.9 Å². The predicted octanol–water partition coefficient (Wildman–Crippen LogP) is 2.03. The smallest absolute Gasteiger partial charge is 0.417 e. The Kier molecular flexibility index (Phi) is 5.13. The Hall–Kier alpha value is -3.88. The van der Waals surface area contributed by atoms with Crippen LogP contribution < -0.4 is 10.0 Å². The number of allylic oxidation sites excluding steroid dienone is 1. The lowest BCUT2D eigenvalue weighted by Gasteiger charge is -2.25. The second kappa shape index (κ2) is 7.03. The molecule has 0 saturated carbocycles. The van der Waals surface area contributed by atoms with Gasteiger partial charge in [0, 0.05) is 0 Å². The van der Waals surface area contributed by atoms with Gasteiger partial charge in [0.25, 0.3) is 12.1 Å². The second-order valence-corrected chi connectivity index (χ2v) is 5.24. The predicted molar refractivity (Wildman–Crippen MR) is 80.5 cm³/mol. The molecular formula is C16H8F4N3O5-. The number of benzene rings is 1. The molecule has 28 heavy (non-hydrogen) atoms. The number of rotatable bonds is 4. The van der Waals surface area contributed by atoms with Crippen molar-refractivity contribution < 1.29 is 41.8 Å². The molecule has 0 aliphatic carbocycles. The van der Waals surface area contributed by atoms with Crippen LogP contribution in [0.1, 0.15) is 11.1 Å². The van der Waals surface area contributed by atoms with Gasteiger partial charge in [0.2, 0.25) is 6.23 Å². The molecule has 12 heteroatoms. The van der Waals surface area contributed by atoms with E-state index in [1.165, 1.54) is 6.07 Å². The minimum absolute atomic E-state index is 0.123. The first kappa shape index (κ1) is 20.4. The maximum absolute atomic E-state index is 13.4. The summed E-state index contributed by atoms with van der Waals surface area (Å²) in [6.45, 7) is 5.97. The highest BCUT2D eigenvalue weighted by molar-refractivity contribution is 6.21. The number of hydrogen-bond acceptors (Lipinski definition) is 6. The first-order chi connectivity index (χ1) is 12.9. The zero-order valence-corrected chi connectivity index (χ0v) is 13.6. The Bertz CT molecular complexity index is 951. The third kappa shape index (κ3) is 3.50. The molecule has 2 rings (SSSR count). The maximum atomic E-state index is 13.4. The molecule has 3 amide bonds. The number of alkyl halides is 3. The average Bonchev–Trinajstić information content (AvgIpc) is 2.82. The van der Waals surface area contributed by atoms with E-state index in [9.17, 15) is 37.1 Å². The van der Waals surface area contributed by atoms with Crippen LogP contribution in [0.5, 0.6) is 0 Å². The number of carbonyl (C=O) groups is 3. The molecule has 0 N–H and O–H groups in total. The van der Waals surface area contributed by atoms with Crippen LogP contribution in [0, 0.1) is 11.3 Å². The first-order valence-corrected chi connectivity index (χ1v) is 7.10. The van der Waals surface area contributed by atoms with E-state index < -0.39 is 58.8 Å². The number of imide groups is 1. The quantitative estimate of drug-likeness (QED) is 0.332. The number of nitrogens with zero attached hydrogens (tertiary/aromatic N) is 3. The van der Waals surface area contributed by atoms with E-state index in [0.29, 0.717) is 12.1 Å². The maximum Gasteiger partial charge on any atom is 0.417 e. The number of nitriles is 1. The standard InChI is InChI=1S/C16H9F4N3O5/c1-7(17)8(2)22-13(28-15(26)27)12(24)23(14(22)25)10-4-3-9(6-21)11(5-10)16(18,19)20/h3-5,13H,1-2H2,(H,26,27)/p-1. The van der Waals surface area contributed by atoms with E-state index in [-0.39, 0.29) is 9.80 Å². The normalized spacial score (nSPS) is 16.8. The van der Waals surface area contributed by atoms with Crippen LogP contribution >= 0.6 is 0 Å². The molecule has 1 aliphatic heterocycles. The van der Waals surface area contributed by atoms with Gasteiger partial charge in [-0.05, 0) is 18.2 Å². The zero-order valence-electron chi connectivity index (χ0n) is 13.6. The van der Waals surface area contributed by atoms with Crippen LogP contribution in [0.4, 0.5) is 32.8 Å². The molecule has 1 atom stereocenters. The number of carbonyl (C=O) groups excluding carboxylic acids is 3. The zero-order chi connectivity index (χ0) is 21.4. The fraction of sp³-hybridized carbons (Fsp3) is 0.125. The first-order valence-electron chi connectivity index (χ1n) is 7.10. The van der Waals surface area contributed by atoms with Gasteiger partial charge in [-0.25, -0.2) is 14.1 Å². The SMILES string of the molecule is C=C(F)C(=C)N1C(=O)N(c2ccc(C#N)c(C(F)(F)F)c2)C(=O)C1OC(=O)[O-]. The molecule has 0 spiro atoms. The van der Waals surface area contributed by atoms with Gasteiger partial charge in [-0.2, -0.15) is 18.4 Å². The van der Waals surface area contributed by atoms with Crippen molar-refractivity contribution in [3.05, 3.63) is 54.0 Å². The van der Waals surface area contributed by atoms with Gasteiger partial charge in [0.15, 0.2) is 0 Å². The van der Waals surface area contributed by atoms with E-state index in [4.69, 9.17) is 5.26 Å². The number of halogens is 4. The highest BCUT2D eigenvalue weighted by Gasteiger charge is 2.48. The summed E-state index contributed by atoms with van der Waals surface area (Å²) >= 11 is 0. The summed E-state index contributed by atoms with van der Waals surface area (Å²) in [4.78, 5) is 35.9. The van der Waals surface area contributed by atoms with Gasteiger partial charge in [-0.15, -0.1) is 0 Å². The largest absolute Gasteiger partial charge is 0.517 e. The molecule has 0 aromatic heterocycles. The molecular weight excluding hydrogens is 390 g/mol. The molecule has 1 aromatic carbocycles. The number of urea groups is 1. The van der Waals surface area contributed by atoms with Crippen molar-refractivity contribution >= 4 is 23.8 Å². The van der Waals surface area contributed by atoms with Crippen molar-refractivity contribution in [3.8, 4) is 6.07 Å². The summed E-state index contributed by atoms with van der Waals surface area (Å²) in [5.41, 5.74) is -3.74. The third-order valence-electron chi connectivity index (χ3n) is 3.56. The van der Waals surface area contributed by atoms with Crippen molar-refractivity contribution in [2.45, 2.75) is 12.4 Å². The van der Waals surface area contributed by atoms with E-state index in [1.807, 2.05) is 0 Å². The summed E-state index contributed by atoms with van der Waals surface area (Å²) < 4.78 is 56.9. The number of carboxylic acid groups (broad SMARTS) is 1. The summed E-state index contributed by atoms with van der Waals surface area (Å²) in [6.07, 6.45) is -9.54. The molecule has 1 fully saturated rings. The summed E-state index contributed by atoms with van der Waals surface area (Å²) in [7, 11) is 0. The molecule has 146 valence electrons. The molecule has 1 unspecified atom stereocenters. The Morgan fingerprint density at radius 2 is 1.89 bits per heavy atom. The van der Waals surface area contributed by atoms with E-state index in [0.717, 1.165) is 6.07 Å². The summed E-state index contributed by atoms with van der Waals surface area (Å²) in [5.74, 6) is -2.78. The Morgan fingerprint density at radius 1 is 1.29 bits per heavy atom. The van der Waals surface area contributed by atoms with Crippen LogP contribution in [0.2, 0.25) is 0 Å². The Labute approximate surface area is 154 Å². The molecule has 0 bridgehead atoms. The van der Waals surface area contributed by atoms with Crippen molar-refractivity contribution in [3.63, 3.8) is 0 Å². The number of amides is 3. The van der Waals surface area contributed by atoms with Crippen LogP contribution in [0.3, 0.4) is 0 Å². The van der Waals surface area contributed by atoms with Crippen LogP contribution in [0.15, 0.2) is 42.9 Å². The lowest BCUT2D eigenvalue weighted by Crippen LogP contribution is -2.41. The number of hydrogen-bond donors (Lipinski definition) is 0. The van der Waals surface area contributed by atoms with Gasteiger partial charge in [0.05, 0.1) is 28.6 Å². The number of ether oxygens (including phenoxy) is 1. The Morgan fingerprint density at radius 3 is 2.36 bits per heavy atom. The fourth-order valence-corrected chi connectivity index (χ4v) is 2.35. The highest BCUT2D eigenvalue weighted by atomic mass is 19.4. The monoisotopic (exact) mass is 398 g/mol. The lowest BCUT2D eigenvalue weighted by atomic mass is 10.1. The molecule has 1 heterocycles. The van der Waals surface area contributed by atoms with Gasteiger partial charge < -0.3 is 14.6 Å². The topological polar surface area (TPSA) is 114 Å². The van der Waals surface area contributed by atoms with Gasteiger partial charge in [-0.1, -0.05) is 13.2 Å². The third-order valence-corrected chi connectivity index (χ3v) is 3.56. The summed E-state index contributed by atoms with van der Waals surface area (Å²) in [5, 5.41) is 19.5. The Balaban J connectivity index is 2.60. The number of anilines is 1. The van der Waals surface area contributed by atoms with E-state index in [1.54, 1.807) is 0 Å². The van der Waals surface area contributed by atoms with Crippen molar-refractivity contribution in [1.82, 2.24) is 4.90 Å². The van der Waals surface area contributed by atoms with Crippen molar-refractivity contribution in [2.75, 3.05) is 4.90 Å². The van der Waals surface area contributed by atoms with Gasteiger partial charge in [0.1, 0.15) is 5.83 Å². The molecule has 0 radical (unpaired) electrons. The van der Waals surface area contributed by atoms with Crippen molar-refractivity contribution in [2.24, 2.45) is 0 Å². The highest BCUT2D eigenvalue weighted by Crippen LogP contribution is 2.37. The molecule has 1 saturated heterocycles. The van der Waals surface area contributed by atoms with Gasteiger partial charge in [-0.3, -0.25) is 9.69 Å². The van der Waals surface area contributed by atoms with Crippen molar-refractivity contribution in [1.29, 1.82) is 5.26 Å². The van der Waals surface area contributed by atoms with E-state index >= 15 is 0 Å². The minimum atomic E-state index is -5.00. The second-order valence-electron chi connectivity index (χ2n) is 5.24. The fourth-order valence-electron chi connectivity index (χ4n) is 2.35. The van der Waals surface area contributed by atoms with Crippen LogP contribution in [-0.2, 0) is 15.7 Å². The van der Waals surface area contributed by atoms with Crippen LogP contribution in [0.25, 0.3) is 0 Å². The minimum Gasteiger partial charge on any atom is -0.517 e.